The topological polar surface area (TPSA) is 28.5 Å². The zero-order chi connectivity index (χ0) is 15.1. The molecule has 0 aromatic carbocycles. The maximum absolute atomic E-state index is 12.8. The fourth-order valence-corrected chi connectivity index (χ4v) is 3.29. The second-order valence-corrected chi connectivity index (χ2v) is 6.58. The Bertz CT molecular complexity index is 413. The lowest BCUT2D eigenvalue weighted by molar-refractivity contribution is -0.136. The van der Waals surface area contributed by atoms with E-state index in [1.165, 1.54) is 5.75 Å². The molecule has 0 bridgehead atoms. The van der Waals surface area contributed by atoms with Gasteiger partial charge >= 0.3 is 0 Å². The van der Waals surface area contributed by atoms with Crippen LogP contribution in [0.3, 0.4) is 0 Å². The standard InChI is InChI=1S/C16H27N3OS/c1-3-6-15(18-7-4-5-8-18)16(20)19-11-9-17(10-12-19)13-14-21-2/h4-5,7-8,15H,3,6,9-14H2,1-2H3/t15-/m1/s1. The van der Waals surface area contributed by atoms with Gasteiger partial charge in [-0.1, -0.05) is 13.3 Å². The molecule has 1 aromatic heterocycles. The number of aromatic nitrogens is 1. The Balaban J connectivity index is 1.90. The normalized spacial score (nSPS) is 17.9. The number of carbonyl (C=O) groups excluding carboxylic acids is 1. The number of amides is 1. The molecule has 21 heavy (non-hydrogen) atoms. The van der Waals surface area contributed by atoms with Gasteiger partial charge in [0.1, 0.15) is 6.04 Å². The molecule has 1 amide bonds. The van der Waals surface area contributed by atoms with Crippen molar-refractivity contribution in [3.8, 4) is 0 Å². The highest BCUT2D eigenvalue weighted by atomic mass is 32.2. The van der Waals surface area contributed by atoms with Crippen LogP contribution in [0.15, 0.2) is 24.5 Å². The molecule has 1 aromatic rings. The summed E-state index contributed by atoms with van der Waals surface area (Å²) in [5, 5.41) is 0. The summed E-state index contributed by atoms with van der Waals surface area (Å²) in [7, 11) is 0. The summed E-state index contributed by atoms with van der Waals surface area (Å²) in [5.74, 6) is 1.47. The number of carbonyl (C=O) groups is 1. The summed E-state index contributed by atoms with van der Waals surface area (Å²) >= 11 is 1.89. The van der Waals surface area contributed by atoms with Crippen LogP contribution in [0.4, 0.5) is 0 Å². The van der Waals surface area contributed by atoms with E-state index in [-0.39, 0.29) is 11.9 Å². The van der Waals surface area contributed by atoms with Crippen molar-refractivity contribution >= 4 is 17.7 Å². The number of piperazine rings is 1. The predicted octanol–water partition coefficient (Wildman–Crippen LogP) is 2.34. The number of thioether (sulfide) groups is 1. The summed E-state index contributed by atoms with van der Waals surface area (Å²) in [6.07, 6.45) is 8.11. The summed E-state index contributed by atoms with van der Waals surface area (Å²) < 4.78 is 2.06. The summed E-state index contributed by atoms with van der Waals surface area (Å²) in [5.41, 5.74) is 0. The summed E-state index contributed by atoms with van der Waals surface area (Å²) in [6.45, 7) is 7.04. The van der Waals surface area contributed by atoms with Crippen molar-refractivity contribution in [2.45, 2.75) is 25.8 Å². The van der Waals surface area contributed by atoms with Crippen LogP contribution in [-0.2, 0) is 4.79 Å². The SMILES string of the molecule is CCC[C@H](C(=O)N1CCN(CCSC)CC1)n1cccc1. The highest BCUT2D eigenvalue weighted by molar-refractivity contribution is 7.98. The lowest BCUT2D eigenvalue weighted by Gasteiger charge is -2.36. The fourth-order valence-electron chi connectivity index (χ4n) is 2.85. The van der Waals surface area contributed by atoms with Crippen LogP contribution in [-0.4, -0.2) is 65.0 Å². The van der Waals surface area contributed by atoms with Gasteiger partial charge in [-0.25, -0.2) is 0 Å². The van der Waals surface area contributed by atoms with E-state index in [9.17, 15) is 4.79 Å². The average Bonchev–Trinajstić information content (AvgIpc) is 3.04. The maximum atomic E-state index is 12.8. The van der Waals surface area contributed by atoms with Crippen LogP contribution < -0.4 is 0 Å². The average molecular weight is 309 g/mol. The molecule has 1 fully saturated rings. The van der Waals surface area contributed by atoms with E-state index < -0.39 is 0 Å². The summed E-state index contributed by atoms with van der Waals surface area (Å²) in [4.78, 5) is 17.3. The van der Waals surface area contributed by atoms with E-state index in [0.29, 0.717) is 0 Å². The van der Waals surface area contributed by atoms with Gasteiger partial charge in [0, 0.05) is 50.9 Å². The lowest BCUT2D eigenvalue weighted by Crippen LogP contribution is -2.50. The highest BCUT2D eigenvalue weighted by Crippen LogP contribution is 2.18. The van der Waals surface area contributed by atoms with E-state index in [1.807, 2.05) is 36.3 Å². The fraction of sp³-hybridized carbons (Fsp3) is 0.688. The molecule has 4 nitrogen and oxygen atoms in total. The number of nitrogens with zero attached hydrogens (tertiary/aromatic N) is 3. The first kappa shape index (κ1) is 16.4. The van der Waals surface area contributed by atoms with Crippen LogP contribution >= 0.6 is 11.8 Å². The molecule has 2 rings (SSSR count). The zero-order valence-corrected chi connectivity index (χ0v) is 14.0. The number of rotatable bonds is 7. The Morgan fingerprint density at radius 3 is 2.43 bits per heavy atom. The van der Waals surface area contributed by atoms with E-state index in [4.69, 9.17) is 0 Å². The van der Waals surface area contributed by atoms with Crippen molar-refractivity contribution in [1.29, 1.82) is 0 Å². The van der Waals surface area contributed by atoms with Crippen molar-refractivity contribution in [2.75, 3.05) is 44.7 Å². The molecule has 118 valence electrons. The Morgan fingerprint density at radius 1 is 1.19 bits per heavy atom. The second-order valence-electron chi connectivity index (χ2n) is 5.59. The van der Waals surface area contributed by atoms with Crippen LogP contribution in [0.2, 0.25) is 0 Å². The van der Waals surface area contributed by atoms with Crippen LogP contribution in [0.25, 0.3) is 0 Å². The van der Waals surface area contributed by atoms with Crippen LogP contribution in [0, 0.1) is 0 Å². The smallest absolute Gasteiger partial charge is 0.245 e. The zero-order valence-electron chi connectivity index (χ0n) is 13.2. The molecule has 0 unspecified atom stereocenters. The van der Waals surface area contributed by atoms with Gasteiger partial charge in [-0.15, -0.1) is 0 Å². The van der Waals surface area contributed by atoms with E-state index in [0.717, 1.165) is 45.6 Å². The molecular formula is C16H27N3OS. The Morgan fingerprint density at radius 2 is 1.86 bits per heavy atom. The van der Waals surface area contributed by atoms with Crippen molar-refractivity contribution < 1.29 is 4.79 Å². The monoisotopic (exact) mass is 309 g/mol. The Kier molecular flexibility index (Phi) is 6.64. The van der Waals surface area contributed by atoms with E-state index in [1.54, 1.807) is 0 Å². The lowest BCUT2D eigenvalue weighted by atomic mass is 10.1. The molecule has 0 spiro atoms. The van der Waals surface area contributed by atoms with Gasteiger partial charge in [-0.2, -0.15) is 11.8 Å². The molecule has 1 saturated heterocycles. The second kappa shape index (κ2) is 8.49. The maximum Gasteiger partial charge on any atom is 0.245 e. The Hall–Kier alpha value is -0.940. The van der Waals surface area contributed by atoms with Gasteiger partial charge in [0.2, 0.25) is 5.91 Å². The first-order valence-corrected chi connectivity index (χ1v) is 9.28. The van der Waals surface area contributed by atoms with Crippen molar-refractivity contribution in [1.82, 2.24) is 14.4 Å². The third-order valence-electron chi connectivity index (χ3n) is 4.13. The van der Waals surface area contributed by atoms with E-state index >= 15 is 0 Å². The minimum absolute atomic E-state index is 0.0252. The number of hydrogen-bond donors (Lipinski definition) is 0. The van der Waals surface area contributed by atoms with E-state index in [2.05, 4.69) is 27.5 Å². The van der Waals surface area contributed by atoms with Gasteiger partial charge in [-0.3, -0.25) is 9.69 Å². The van der Waals surface area contributed by atoms with Crippen molar-refractivity contribution in [2.24, 2.45) is 0 Å². The molecular weight excluding hydrogens is 282 g/mol. The minimum Gasteiger partial charge on any atom is -0.342 e. The third-order valence-corrected chi connectivity index (χ3v) is 4.72. The molecule has 1 aliphatic heterocycles. The van der Waals surface area contributed by atoms with Gasteiger partial charge < -0.3 is 9.47 Å². The molecule has 2 heterocycles. The first-order chi connectivity index (χ1) is 10.3. The van der Waals surface area contributed by atoms with Gasteiger partial charge in [-0.05, 0) is 24.8 Å². The minimum atomic E-state index is -0.0252. The third kappa shape index (κ3) is 4.51. The van der Waals surface area contributed by atoms with Gasteiger partial charge in [0.15, 0.2) is 0 Å². The quantitative estimate of drug-likeness (QED) is 0.774. The van der Waals surface area contributed by atoms with Gasteiger partial charge in [0.05, 0.1) is 0 Å². The molecule has 0 radical (unpaired) electrons. The molecule has 1 aliphatic rings. The number of hydrogen-bond acceptors (Lipinski definition) is 3. The Labute approximate surface area is 132 Å². The van der Waals surface area contributed by atoms with Gasteiger partial charge in [0.25, 0.3) is 0 Å². The molecule has 1 atom stereocenters. The van der Waals surface area contributed by atoms with Crippen LogP contribution in [0.1, 0.15) is 25.8 Å². The molecule has 5 heteroatoms. The van der Waals surface area contributed by atoms with Crippen molar-refractivity contribution in [3.63, 3.8) is 0 Å². The first-order valence-electron chi connectivity index (χ1n) is 7.88. The van der Waals surface area contributed by atoms with Crippen LogP contribution in [0.5, 0.6) is 0 Å². The largest absolute Gasteiger partial charge is 0.342 e. The molecule has 0 N–H and O–H groups in total. The summed E-state index contributed by atoms with van der Waals surface area (Å²) in [6, 6.07) is 3.97. The molecule has 0 aliphatic carbocycles. The van der Waals surface area contributed by atoms with Crippen molar-refractivity contribution in [3.05, 3.63) is 24.5 Å². The molecule has 0 saturated carbocycles. The highest BCUT2D eigenvalue weighted by Gasteiger charge is 2.27. The predicted molar refractivity (Wildman–Crippen MR) is 89.8 cm³/mol.